The molecule has 0 aromatic heterocycles. The Bertz CT molecular complexity index is 414. The summed E-state index contributed by atoms with van der Waals surface area (Å²) >= 11 is 0. The SMILES string of the molecule is NC1CC1c1ccc2c(c1)CC(=O)N2. The fourth-order valence-electron chi connectivity index (χ4n) is 2.08. The maximum atomic E-state index is 11.1. The minimum atomic E-state index is 0.0947. The van der Waals surface area contributed by atoms with Crippen LogP contribution in [0.5, 0.6) is 0 Å². The van der Waals surface area contributed by atoms with Gasteiger partial charge in [-0.25, -0.2) is 0 Å². The molecule has 1 amide bonds. The highest BCUT2D eigenvalue weighted by Crippen LogP contribution is 2.40. The summed E-state index contributed by atoms with van der Waals surface area (Å²) in [5.41, 5.74) is 9.16. The zero-order valence-corrected chi connectivity index (χ0v) is 7.79. The molecule has 1 fully saturated rings. The van der Waals surface area contributed by atoms with Crippen molar-refractivity contribution in [1.29, 1.82) is 0 Å². The maximum Gasteiger partial charge on any atom is 0.228 e. The molecule has 1 aromatic carbocycles. The lowest BCUT2D eigenvalue weighted by molar-refractivity contribution is -0.115. The third kappa shape index (κ3) is 1.13. The molecule has 3 heteroatoms. The zero-order valence-electron chi connectivity index (χ0n) is 7.79. The van der Waals surface area contributed by atoms with Crippen molar-refractivity contribution < 1.29 is 4.79 Å². The van der Waals surface area contributed by atoms with Crippen molar-refractivity contribution in [3.05, 3.63) is 29.3 Å². The first-order valence-electron chi connectivity index (χ1n) is 4.92. The van der Waals surface area contributed by atoms with Crippen LogP contribution in [0.25, 0.3) is 0 Å². The molecule has 0 spiro atoms. The van der Waals surface area contributed by atoms with Gasteiger partial charge in [0.2, 0.25) is 5.91 Å². The first-order chi connectivity index (χ1) is 6.74. The Hall–Kier alpha value is -1.35. The van der Waals surface area contributed by atoms with E-state index in [1.165, 1.54) is 5.56 Å². The number of nitrogens with one attached hydrogen (secondary N) is 1. The second kappa shape index (κ2) is 2.58. The second-order valence-corrected chi connectivity index (χ2v) is 4.15. The zero-order chi connectivity index (χ0) is 9.71. The van der Waals surface area contributed by atoms with Gasteiger partial charge in [0, 0.05) is 17.6 Å². The van der Waals surface area contributed by atoms with Crippen molar-refractivity contribution in [3.8, 4) is 0 Å². The highest BCUT2D eigenvalue weighted by Gasteiger charge is 2.35. The minimum absolute atomic E-state index is 0.0947. The number of carbonyl (C=O) groups is 1. The summed E-state index contributed by atoms with van der Waals surface area (Å²) in [7, 11) is 0. The van der Waals surface area contributed by atoms with Crippen LogP contribution < -0.4 is 11.1 Å². The van der Waals surface area contributed by atoms with Gasteiger partial charge in [-0.2, -0.15) is 0 Å². The van der Waals surface area contributed by atoms with E-state index in [4.69, 9.17) is 5.73 Å². The van der Waals surface area contributed by atoms with E-state index in [1.807, 2.05) is 6.07 Å². The second-order valence-electron chi connectivity index (χ2n) is 4.15. The van der Waals surface area contributed by atoms with Gasteiger partial charge in [0.15, 0.2) is 0 Å². The Morgan fingerprint density at radius 3 is 2.93 bits per heavy atom. The van der Waals surface area contributed by atoms with Crippen molar-refractivity contribution >= 4 is 11.6 Å². The number of nitrogens with two attached hydrogens (primary N) is 1. The molecule has 14 heavy (non-hydrogen) atoms. The van der Waals surface area contributed by atoms with Crippen LogP contribution in [0.2, 0.25) is 0 Å². The molecule has 3 N–H and O–H groups in total. The molecule has 72 valence electrons. The van der Waals surface area contributed by atoms with Gasteiger partial charge in [-0.3, -0.25) is 4.79 Å². The van der Waals surface area contributed by atoms with Gasteiger partial charge < -0.3 is 11.1 Å². The summed E-state index contributed by atoms with van der Waals surface area (Å²) in [6, 6.07) is 6.51. The minimum Gasteiger partial charge on any atom is -0.327 e. The van der Waals surface area contributed by atoms with Crippen LogP contribution in [0, 0.1) is 0 Å². The number of amides is 1. The van der Waals surface area contributed by atoms with E-state index < -0.39 is 0 Å². The molecular formula is C11H12N2O. The van der Waals surface area contributed by atoms with Gasteiger partial charge in [0.05, 0.1) is 6.42 Å². The van der Waals surface area contributed by atoms with Crippen LogP contribution in [0.3, 0.4) is 0 Å². The van der Waals surface area contributed by atoms with Crippen molar-refractivity contribution in [2.24, 2.45) is 5.73 Å². The maximum absolute atomic E-state index is 11.1. The molecule has 3 nitrogen and oxygen atoms in total. The summed E-state index contributed by atoms with van der Waals surface area (Å²) in [5.74, 6) is 0.619. The van der Waals surface area contributed by atoms with Crippen molar-refractivity contribution in [2.45, 2.75) is 24.8 Å². The van der Waals surface area contributed by atoms with E-state index in [1.54, 1.807) is 0 Å². The first-order valence-corrected chi connectivity index (χ1v) is 4.92. The number of anilines is 1. The van der Waals surface area contributed by atoms with E-state index in [0.717, 1.165) is 17.7 Å². The Labute approximate surface area is 82.3 Å². The smallest absolute Gasteiger partial charge is 0.228 e. The van der Waals surface area contributed by atoms with E-state index in [0.29, 0.717) is 18.4 Å². The lowest BCUT2D eigenvalue weighted by Gasteiger charge is -2.02. The number of hydrogen-bond acceptors (Lipinski definition) is 2. The van der Waals surface area contributed by atoms with E-state index in [2.05, 4.69) is 17.4 Å². The quantitative estimate of drug-likeness (QED) is 0.690. The van der Waals surface area contributed by atoms with Gasteiger partial charge in [-0.1, -0.05) is 12.1 Å². The fraction of sp³-hybridized carbons (Fsp3) is 0.364. The van der Waals surface area contributed by atoms with Crippen LogP contribution in [0.4, 0.5) is 5.69 Å². The Balaban J connectivity index is 1.96. The van der Waals surface area contributed by atoms with Gasteiger partial charge >= 0.3 is 0 Å². The largest absolute Gasteiger partial charge is 0.327 e. The molecule has 2 aliphatic rings. The number of rotatable bonds is 1. The van der Waals surface area contributed by atoms with Gasteiger partial charge in [-0.15, -0.1) is 0 Å². The first kappa shape index (κ1) is 8.00. The summed E-state index contributed by atoms with van der Waals surface area (Å²) in [4.78, 5) is 11.1. The van der Waals surface area contributed by atoms with Crippen molar-refractivity contribution in [2.75, 3.05) is 5.32 Å². The number of fused-ring (bicyclic) bond motifs is 1. The van der Waals surface area contributed by atoms with Crippen LogP contribution in [0.15, 0.2) is 18.2 Å². The van der Waals surface area contributed by atoms with Gasteiger partial charge in [-0.05, 0) is 23.6 Å². The van der Waals surface area contributed by atoms with E-state index >= 15 is 0 Å². The van der Waals surface area contributed by atoms with E-state index in [-0.39, 0.29) is 5.91 Å². The number of benzene rings is 1. The molecule has 1 aromatic rings. The summed E-state index contributed by atoms with van der Waals surface area (Å²) in [6.45, 7) is 0. The predicted molar refractivity (Wildman–Crippen MR) is 54.1 cm³/mol. The summed E-state index contributed by atoms with van der Waals surface area (Å²) < 4.78 is 0. The molecular weight excluding hydrogens is 176 g/mol. The predicted octanol–water partition coefficient (Wildman–Crippen LogP) is 0.996. The van der Waals surface area contributed by atoms with Gasteiger partial charge in [0.25, 0.3) is 0 Å². The molecule has 0 bridgehead atoms. The average Bonchev–Trinajstić information content (AvgIpc) is 2.76. The monoisotopic (exact) mass is 188 g/mol. The fourth-order valence-corrected chi connectivity index (χ4v) is 2.08. The molecule has 1 aliphatic carbocycles. The highest BCUT2D eigenvalue weighted by molar-refractivity contribution is 5.99. The molecule has 2 atom stereocenters. The number of hydrogen-bond donors (Lipinski definition) is 2. The third-order valence-electron chi connectivity index (χ3n) is 3.02. The molecule has 1 aliphatic heterocycles. The van der Waals surface area contributed by atoms with Crippen LogP contribution >= 0.6 is 0 Å². The topological polar surface area (TPSA) is 55.1 Å². The molecule has 0 saturated heterocycles. The van der Waals surface area contributed by atoms with Gasteiger partial charge in [0.1, 0.15) is 0 Å². The van der Waals surface area contributed by atoms with Crippen molar-refractivity contribution in [1.82, 2.24) is 0 Å². The lowest BCUT2D eigenvalue weighted by atomic mass is 10.0. The molecule has 1 saturated carbocycles. The highest BCUT2D eigenvalue weighted by atomic mass is 16.1. The van der Waals surface area contributed by atoms with Crippen LogP contribution in [-0.2, 0) is 11.2 Å². The molecule has 1 heterocycles. The molecule has 0 radical (unpaired) electrons. The Morgan fingerprint density at radius 1 is 1.43 bits per heavy atom. The Morgan fingerprint density at radius 2 is 2.21 bits per heavy atom. The lowest BCUT2D eigenvalue weighted by Crippen LogP contribution is -2.03. The number of carbonyl (C=O) groups excluding carboxylic acids is 1. The molecule has 2 unspecified atom stereocenters. The normalized spacial score (nSPS) is 28.5. The Kier molecular flexibility index (Phi) is 1.47. The van der Waals surface area contributed by atoms with Crippen LogP contribution in [0.1, 0.15) is 23.5 Å². The third-order valence-corrected chi connectivity index (χ3v) is 3.02. The van der Waals surface area contributed by atoms with Crippen LogP contribution in [-0.4, -0.2) is 11.9 Å². The standard InChI is InChI=1S/C11H12N2O/c12-9-5-8(9)6-1-2-10-7(3-6)4-11(14)13-10/h1-3,8-9H,4-5,12H2,(H,13,14). The van der Waals surface area contributed by atoms with Crippen molar-refractivity contribution in [3.63, 3.8) is 0 Å². The summed E-state index contributed by atoms with van der Waals surface area (Å²) in [6.07, 6.45) is 1.60. The average molecular weight is 188 g/mol. The molecule has 3 rings (SSSR count). The van der Waals surface area contributed by atoms with E-state index in [9.17, 15) is 4.79 Å². The summed E-state index contributed by atoms with van der Waals surface area (Å²) in [5, 5.41) is 2.82.